The molecule has 2 aromatic heterocycles. The molecule has 0 N–H and O–H groups in total. The van der Waals surface area contributed by atoms with Gasteiger partial charge in [0.1, 0.15) is 28.8 Å². The van der Waals surface area contributed by atoms with E-state index in [2.05, 4.69) is 15.0 Å². The van der Waals surface area contributed by atoms with E-state index in [4.69, 9.17) is 27.9 Å². The van der Waals surface area contributed by atoms with Crippen molar-refractivity contribution in [2.24, 2.45) is 0 Å². The number of hydrogen-bond donors (Lipinski definition) is 0. The fourth-order valence-corrected chi connectivity index (χ4v) is 4.50. The highest BCUT2D eigenvalue weighted by Gasteiger charge is 2.55. The number of piperazine rings is 1. The number of anilines is 1. The Bertz CT molecular complexity index is 1050. The number of hydrogen-bond acceptors (Lipinski definition) is 7. The van der Waals surface area contributed by atoms with Crippen LogP contribution in [-0.4, -0.2) is 62.5 Å². The van der Waals surface area contributed by atoms with Gasteiger partial charge in [-0.05, 0) is 45.2 Å². The number of amides is 1. The highest BCUT2D eigenvalue weighted by molar-refractivity contribution is 6.30. The molecule has 0 radical (unpaired) electrons. The van der Waals surface area contributed by atoms with Gasteiger partial charge in [-0.1, -0.05) is 11.6 Å². The smallest absolute Gasteiger partial charge is 0.411 e. The quantitative estimate of drug-likeness (QED) is 0.388. The van der Waals surface area contributed by atoms with E-state index in [0.29, 0.717) is 30.6 Å². The van der Waals surface area contributed by atoms with E-state index in [-0.39, 0.29) is 28.5 Å². The lowest BCUT2D eigenvalue weighted by atomic mass is 9.97. The van der Waals surface area contributed by atoms with Crippen molar-refractivity contribution < 1.29 is 18.7 Å². The van der Waals surface area contributed by atoms with Gasteiger partial charge in [0.05, 0.1) is 11.4 Å². The zero-order chi connectivity index (χ0) is 21.8. The van der Waals surface area contributed by atoms with Crippen LogP contribution in [0.5, 0.6) is 0 Å². The first kappa shape index (κ1) is 21.0. The van der Waals surface area contributed by atoms with Crippen molar-refractivity contribution in [1.82, 2.24) is 19.9 Å². The zero-order valence-electron chi connectivity index (χ0n) is 16.7. The molecule has 8 nitrogen and oxygen atoms in total. The van der Waals surface area contributed by atoms with E-state index in [0.717, 1.165) is 6.29 Å². The molecule has 4 rings (SSSR count). The molecule has 2 saturated heterocycles. The van der Waals surface area contributed by atoms with E-state index in [9.17, 15) is 14.0 Å². The van der Waals surface area contributed by atoms with Gasteiger partial charge in [-0.2, -0.15) is 4.98 Å². The first-order valence-corrected chi connectivity index (χ1v) is 10.2. The third kappa shape index (κ3) is 3.43. The lowest BCUT2D eigenvalue weighted by Gasteiger charge is -2.46. The number of nitrogens with zero attached hydrogens (tertiary/aromatic N) is 5. The molecular weight excluding hydrogens is 436 g/mol. The average Bonchev–Trinajstić information content (AvgIpc) is 2.90. The number of fused-ring (bicyclic) bond motifs is 3. The molecule has 2 aliphatic heterocycles. The average molecular weight is 456 g/mol. The molecule has 2 bridgehead atoms. The lowest BCUT2D eigenvalue weighted by molar-refractivity contribution is -0.118. The molecule has 2 aliphatic rings. The molecule has 2 atom stereocenters. The number of carbonyl (C=O) groups is 2. The van der Waals surface area contributed by atoms with Gasteiger partial charge >= 0.3 is 6.09 Å². The summed E-state index contributed by atoms with van der Waals surface area (Å²) in [6.07, 6.45) is 2.75. The molecule has 160 valence electrons. The van der Waals surface area contributed by atoms with Crippen molar-refractivity contribution >= 4 is 52.3 Å². The maximum Gasteiger partial charge on any atom is 0.411 e. The van der Waals surface area contributed by atoms with Gasteiger partial charge in [0.15, 0.2) is 11.0 Å². The van der Waals surface area contributed by atoms with Gasteiger partial charge in [-0.3, -0.25) is 4.90 Å². The zero-order valence-corrected chi connectivity index (χ0v) is 18.2. The van der Waals surface area contributed by atoms with E-state index in [1.807, 2.05) is 4.90 Å². The summed E-state index contributed by atoms with van der Waals surface area (Å²) in [5, 5.41) is -0.143. The number of pyridine rings is 1. The maximum absolute atomic E-state index is 14.5. The standard InChI is InChI=1S/C19H20Cl2FN5O3/c1-18(2,3)30-17(29)27-10-4-5-19(27,9-28)8-26(7-10)15-11-6-23-14(20)12(22)13(11)24-16(21)25-15/h6,9-10H,4-5,7-8H2,1-3H3/t10-,19+/m0/s1. The van der Waals surface area contributed by atoms with Crippen LogP contribution in [0.3, 0.4) is 0 Å². The van der Waals surface area contributed by atoms with Crippen LogP contribution < -0.4 is 4.90 Å². The van der Waals surface area contributed by atoms with Gasteiger partial charge in [0.2, 0.25) is 5.28 Å². The van der Waals surface area contributed by atoms with Gasteiger partial charge in [0.25, 0.3) is 0 Å². The third-order valence-electron chi connectivity index (χ3n) is 5.35. The Kier molecular flexibility index (Phi) is 5.01. The Morgan fingerprint density at radius 3 is 2.77 bits per heavy atom. The van der Waals surface area contributed by atoms with Gasteiger partial charge in [-0.15, -0.1) is 0 Å². The Balaban J connectivity index is 1.74. The minimum absolute atomic E-state index is 0.0490. The van der Waals surface area contributed by atoms with E-state index in [1.165, 1.54) is 11.1 Å². The second kappa shape index (κ2) is 7.16. The predicted octanol–water partition coefficient (Wildman–Crippen LogP) is 3.63. The van der Waals surface area contributed by atoms with Gasteiger partial charge < -0.3 is 14.4 Å². The predicted molar refractivity (Wildman–Crippen MR) is 109 cm³/mol. The van der Waals surface area contributed by atoms with Crippen LogP contribution in [-0.2, 0) is 9.53 Å². The molecule has 30 heavy (non-hydrogen) atoms. The van der Waals surface area contributed by atoms with Crippen molar-refractivity contribution in [3.63, 3.8) is 0 Å². The lowest BCUT2D eigenvalue weighted by Crippen LogP contribution is -2.65. The molecular formula is C19H20Cl2FN5O3. The fraction of sp³-hybridized carbons (Fsp3) is 0.526. The normalized spacial score (nSPS) is 23.7. The van der Waals surface area contributed by atoms with Crippen LogP contribution in [0, 0.1) is 5.82 Å². The maximum atomic E-state index is 14.5. The second-order valence-corrected chi connectivity index (χ2v) is 9.28. The molecule has 0 unspecified atom stereocenters. The molecule has 1 amide bonds. The SMILES string of the molecule is CC(C)(C)OC(=O)N1[C@H]2CC[C@]1(C=O)CN(c1nc(Cl)nc3c(F)c(Cl)ncc13)C2. The summed E-state index contributed by atoms with van der Waals surface area (Å²) in [5.41, 5.74) is -1.81. The van der Waals surface area contributed by atoms with Crippen molar-refractivity contribution in [3.05, 3.63) is 22.5 Å². The molecule has 0 spiro atoms. The fourth-order valence-electron chi connectivity index (χ4n) is 4.20. The third-order valence-corrected chi connectivity index (χ3v) is 5.79. The highest BCUT2D eigenvalue weighted by Crippen LogP contribution is 2.41. The Hall–Kier alpha value is -2.26. The summed E-state index contributed by atoms with van der Waals surface area (Å²) in [6.45, 7) is 5.87. The minimum atomic E-state index is -1.08. The van der Waals surface area contributed by atoms with Crippen molar-refractivity contribution in [3.8, 4) is 0 Å². The first-order chi connectivity index (χ1) is 14.0. The van der Waals surface area contributed by atoms with Crippen molar-refractivity contribution in [2.45, 2.75) is 50.8 Å². The van der Waals surface area contributed by atoms with Crippen LogP contribution in [0.25, 0.3) is 10.9 Å². The molecule has 0 aromatic carbocycles. The summed E-state index contributed by atoms with van der Waals surface area (Å²) in [4.78, 5) is 40.4. The number of aldehydes is 1. The number of halogens is 3. The summed E-state index contributed by atoms with van der Waals surface area (Å²) in [7, 11) is 0. The molecule has 4 heterocycles. The van der Waals surface area contributed by atoms with Crippen molar-refractivity contribution in [1.29, 1.82) is 0 Å². The number of ether oxygens (including phenoxy) is 1. The molecule has 2 fully saturated rings. The molecule has 11 heteroatoms. The Morgan fingerprint density at radius 2 is 2.10 bits per heavy atom. The topological polar surface area (TPSA) is 88.5 Å². The van der Waals surface area contributed by atoms with E-state index >= 15 is 0 Å². The van der Waals surface area contributed by atoms with E-state index in [1.54, 1.807) is 20.8 Å². The molecule has 2 aromatic rings. The van der Waals surface area contributed by atoms with Crippen LogP contribution in [0.4, 0.5) is 15.0 Å². The number of carbonyl (C=O) groups excluding carboxylic acids is 2. The monoisotopic (exact) mass is 455 g/mol. The largest absolute Gasteiger partial charge is 0.444 e. The van der Waals surface area contributed by atoms with Crippen LogP contribution in [0.2, 0.25) is 10.4 Å². The van der Waals surface area contributed by atoms with Crippen LogP contribution in [0.15, 0.2) is 6.20 Å². The Morgan fingerprint density at radius 1 is 1.37 bits per heavy atom. The second-order valence-electron chi connectivity index (χ2n) is 8.59. The number of aromatic nitrogens is 3. The van der Waals surface area contributed by atoms with Crippen LogP contribution >= 0.6 is 23.2 Å². The molecule has 0 saturated carbocycles. The number of rotatable bonds is 2. The molecule has 0 aliphatic carbocycles. The minimum Gasteiger partial charge on any atom is -0.444 e. The summed E-state index contributed by atoms with van der Waals surface area (Å²) >= 11 is 11.8. The summed E-state index contributed by atoms with van der Waals surface area (Å²) < 4.78 is 20.0. The Labute approximate surface area is 182 Å². The highest BCUT2D eigenvalue weighted by atomic mass is 35.5. The van der Waals surface area contributed by atoms with Crippen molar-refractivity contribution in [2.75, 3.05) is 18.0 Å². The summed E-state index contributed by atoms with van der Waals surface area (Å²) in [5.74, 6) is -0.449. The van der Waals surface area contributed by atoms with Gasteiger partial charge in [0, 0.05) is 19.3 Å². The van der Waals surface area contributed by atoms with E-state index < -0.39 is 23.1 Å². The van der Waals surface area contributed by atoms with Gasteiger partial charge in [-0.25, -0.2) is 19.2 Å². The van der Waals surface area contributed by atoms with Crippen LogP contribution in [0.1, 0.15) is 33.6 Å². The summed E-state index contributed by atoms with van der Waals surface area (Å²) in [6, 6.07) is -0.271. The first-order valence-electron chi connectivity index (χ1n) is 9.45.